The Balaban J connectivity index is 2.45. The Morgan fingerprint density at radius 1 is 1.06 bits per heavy atom. The lowest BCUT2D eigenvalue weighted by molar-refractivity contribution is 0.699. The number of thiophene rings is 1. The van der Waals surface area contributed by atoms with Gasteiger partial charge in [-0.05, 0) is 50.4 Å². The molecule has 0 spiro atoms. The van der Waals surface area contributed by atoms with Gasteiger partial charge in [0.25, 0.3) is 0 Å². The first kappa shape index (κ1) is 12.3. The minimum Gasteiger partial charge on any atom is -0.309 e. The number of hydrogen-bond donors (Lipinski definition) is 1. The monoisotopic (exact) mass is 245 g/mol. The third kappa shape index (κ3) is 2.59. The van der Waals surface area contributed by atoms with E-state index in [9.17, 15) is 0 Å². The van der Waals surface area contributed by atoms with Crippen molar-refractivity contribution in [3.8, 4) is 0 Å². The van der Waals surface area contributed by atoms with Crippen LogP contribution in [0.5, 0.6) is 0 Å². The molecule has 0 fully saturated rings. The molecule has 1 unspecified atom stereocenters. The SMILES string of the molecule is CNC(c1cc(C)cc(C)c1)c1sccc1C. The zero-order valence-corrected chi connectivity index (χ0v) is 11.7. The van der Waals surface area contributed by atoms with Crippen LogP contribution in [0.1, 0.15) is 33.2 Å². The van der Waals surface area contributed by atoms with E-state index in [1.807, 2.05) is 18.4 Å². The van der Waals surface area contributed by atoms with Gasteiger partial charge in [0.05, 0.1) is 6.04 Å². The van der Waals surface area contributed by atoms with E-state index in [0.717, 1.165) is 0 Å². The minimum absolute atomic E-state index is 0.314. The van der Waals surface area contributed by atoms with E-state index in [1.165, 1.54) is 27.1 Å². The smallest absolute Gasteiger partial charge is 0.0671 e. The first-order chi connectivity index (χ1) is 8.11. The van der Waals surface area contributed by atoms with Gasteiger partial charge in [0.15, 0.2) is 0 Å². The molecule has 0 aliphatic carbocycles. The average molecular weight is 245 g/mol. The van der Waals surface area contributed by atoms with Crippen LogP contribution in [0.15, 0.2) is 29.6 Å². The van der Waals surface area contributed by atoms with Crippen LogP contribution in [0.2, 0.25) is 0 Å². The van der Waals surface area contributed by atoms with Crippen LogP contribution >= 0.6 is 11.3 Å². The number of hydrogen-bond acceptors (Lipinski definition) is 2. The second kappa shape index (κ2) is 5.03. The Morgan fingerprint density at radius 3 is 2.18 bits per heavy atom. The minimum atomic E-state index is 0.314. The molecule has 0 saturated heterocycles. The molecule has 0 aliphatic heterocycles. The van der Waals surface area contributed by atoms with E-state index < -0.39 is 0 Å². The summed E-state index contributed by atoms with van der Waals surface area (Å²) in [7, 11) is 2.03. The van der Waals surface area contributed by atoms with Crippen molar-refractivity contribution in [2.24, 2.45) is 0 Å². The normalized spacial score (nSPS) is 12.7. The fourth-order valence-corrected chi connectivity index (χ4v) is 3.37. The van der Waals surface area contributed by atoms with Crippen molar-refractivity contribution in [1.29, 1.82) is 0 Å². The van der Waals surface area contributed by atoms with Crippen molar-refractivity contribution in [3.63, 3.8) is 0 Å². The maximum absolute atomic E-state index is 3.43. The summed E-state index contributed by atoms with van der Waals surface area (Å²) in [6.07, 6.45) is 0. The molecular formula is C15H19NS. The van der Waals surface area contributed by atoms with E-state index in [-0.39, 0.29) is 0 Å². The first-order valence-corrected chi connectivity index (χ1v) is 6.79. The van der Waals surface area contributed by atoms with E-state index >= 15 is 0 Å². The van der Waals surface area contributed by atoms with Crippen molar-refractivity contribution < 1.29 is 0 Å². The van der Waals surface area contributed by atoms with Gasteiger partial charge in [-0.1, -0.05) is 29.3 Å². The lowest BCUT2D eigenvalue weighted by Crippen LogP contribution is -2.17. The van der Waals surface area contributed by atoms with Gasteiger partial charge in [-0.3, -0.25) is 0 Å². The van der Waals surface area contributed by atoms with E-state index in [4.69, 9.17) is 0 Å². The van der Waals surface area contributed by atoms with Gasteiger partial charge in [0.1, 0.15) is 0 Å². The van der Waals surface area contributed by atoms with Crippen molar-refractivity contribution in [2.75, 3.05) is 7.05 Å². The van der Waals surface area contributed by atoms with E-state index in [2.05, 4.69) is 55.7 Å². The number of nitrogens with one attached hydrogen (secondary N) is 1. The van der Waals surface area contributed by atoms with Gasteiger partial charge in [0, 0.05) is 4.88 Å². The molecule has 0 aliphatic rings. The molecule has 17 heavy (non-hydrogen) atoms. The fraction of sp³-hybridized carbons (Fsp3) is 0.333. The molecule has 0 radical (unpaired) electrons. The highest BCUT2D eigenvalue weighted by molar-refractivity contribution is 7.10. The summed E-state index contributed by atoms with van der Waals surface area (Å²) in [5, 5.41) is 5.59. The summed E-state index contributed by atoms with van der Waals surface area (Å²) in [6, 6.07) is 9.26. The molecule has 0 bridgehead atoms. The second-order valence-electron chi connectivity index (χ2n) is 4.61. The Kier molecular flexibility index (Phi) is 3.65. The number of rotatable bonds is 3. The second-order valence-corrected chi connectivity index (χ2v) is 5.56. The first-order valence-electron chi connectivity index (χ1n) is 5.91. The van der Waals surface area contributed by atoms with Crippen LogP contribution < -0.4 is 5.32 Å². The van der Waals surface area contributed by atoms with E-state index in [1.54, 1.807) is 0 Å². The van der Waals surface area contributed by atoms with Crippen molar-refractivity contribution >= 4 is 11.3 Å². The van der Waals surface area contributed by atoms with Crippen LogP contribution in [-0.4, -0.2) is 7.05 Å². The summed E-state index contributed by atoms with van der Waals surface area (Å²) < 4.78 is 0. The van der Waals surface area contributed by atoms with Gasteiger partial charge < -0.3 is 5.32 Å². The molecule has 0 saturated carbocycles. The molecule has 90 valence electrons. The highest BCUT2D eigenvalue weighted by atomic mass is 32.1. The molecular weight excluding hydrogens is 226 g/mol. The summed E-state index contributed by atoms with van der Waals surface area (Å²) >= 11 is 1.83. The third-order valence-electron chi connectivity index (χ3n) is 3.03. The highest BCUT2D eigenvalue weighted by Gasteiger charge is 2.15. The Bertz CT molecular complexity index is 493. The largest absolute Gasteiger partial charge is 0.309 e. The molecule has 1 atom stereocenters. The maximum Gasteiger partial charge on any atom is 0.0671 e. The molecule has 2 heteroatoms. The van der Waals surface area contributed by atoms with E-state index in [0.29, 0.717) is 6.04 Å². The lowest BCUT2D eigenvalue weighted by atomic mass is 9.99. The molecule has 1 nitrogen and oxygen atoms in total. The zero-order chi connectivity index (χ0) is 12.4. The quantitative estimate of drug-likeness (QED) is 0.862. The summed E-state index contributed by atoms with van der Waals surface area (Å²) in [6.45, 7) is 6.49. The van der Waals surface area contributed by atoms with Crippen LogP contribution in [0, 0.1) is 20.8 Å². The van der Waals surface area contributed by atoms with Gasteiger partial charge in [-0.2, -0.15) is 0 Å². The molecule has 1 aromatic carbocycles. The van der Waals surface area contributed by atoms with Gasteiger partial charge in [0.2, 0.25) is 0 Å². The maximum atomic E-state index is 3.43. The molecule has 1 aromatic heterocycles. The molecule has 2 rings (SSSR count). The summed E-state index contributed by atoms with van der Waals surface area (Å²) in [4.78, 5) is 1.41. The van der Waals surface area contributed by atoms with Crippen molar-refractivity contribution in [2.45, 2.75) is 26.8 Å². The number of aryl methyl sites for hydroxylation is 3. The Hall–Kier alpha value is -1.12. The third-order valence-corrected chi connectivity index (χ3v) is 4.11. The van der Waals surface area contributed by atoms with Gasteiger partial charge in [-0.15, -0.1) is 11.3 Å². The van der Waals surface area contributed by atoms with Crippen LogP contribution in [0.3, 0.4) is 0 Å². The summed E-state index contributed by atoms with van der Waals surface area (Å²) in [5.74, 6) is 0. The Labute approximate surface area is 108 Å². The van der Waals surface area contributed by atoms with Gasteiger partial charge >= 0.3 is 0 Å². The van der Waals surface area contributed by atoms with Crippen molar-refractivity contribution in [3.05, 3.63) is 56.8 Å². The Morgan fingerprint density at radius 2 is 1.71 bits per heavy atom. The van der Waals surface area contributed by atoms with Crippen molar-refractivity contribution in [1.82, 2.24) is 5.32 Å². The lowest BCUT2D eigenvalue weighted by Gasteiger charge is -2.17. The topological polar surface area (TPSA) is 12.0 Å². The molecule has 0 amide bonds. The number of benzene rings is 1. The standard InChI is InChI=1S/C15H19NS/c1-10-7-11(2)9-13(8-10)14(16-4)15-12(3)5-6-17-15/h5-9,14,16H,1-4H3. The molecule has 1 N–H and O–H groups in total. The van der Waals surface area contributed by atoms with Crippen LogP contribution in [0.4, 0.5) is 0 Å². The summed E-state index contributed by atoms with van der Waals surface area (Å²) in [5.41, 5.74) is 5.38. The predicted octanol–water partition coefficient (Wildman–Crippen LogP) is 3.98. The van der Waals surface area contributed by atoms with Gasteiger partial charge in [-0.25, -0.2) is 0 Å². The average Bonchev–Trinajstić information content (AvgIpc) is 2.65. The predicted molar refractivity (Wildman–Crippen MR) is 75.9 cm³/mol. The molecule has 2 aromatic rings. The highest BCUT2D eigenvalue weighted by Crippen LogP contribution is 2.30. The zero-order valence-electron chi connectivity index (χ0n) is 10.9. The van der Waals surface area contributed by atoms with Crippen LogP contribution in [-0.2, 0) is 0 Å². The fourth-order valence-electron chi connectivity index (χ4n) is 2.31. The van der Waals surface area contributed by atoms with Crippen LogP contribution in [0.25, 0.3) is 0 Å². The molecule has 1 heterocycles.